The number of amides is 1. The van der Waals surface area contributed by atoms with Crippen LogP contribution in [-0.2, 0) is 9.53 Å². The molecular formula is C21H19N3O4. The Hall–Kier alpha value is -3.81. The highest BCUT2D eigenvalue weighted by Crippen LogP contribution is 2.04. The number of aliphatic hydroxyl groups excluding tert-OH is 1. The molecule has 2 aromatic rings. The van der Waals surface area contributed by atoms with E-state index < -0.39 is 24.0 Å². The van der Waals surface area contributed by atoms with Gasteiger partial charge < -0.3 is 20.9 Å². The van der Waals surface area contributed by atoms with E-state index in [9.17, 15) is 14.7 Å². The van der Waals surface area contributed by atoms with E-state index in [1.54, 1.807) is 30.3 Å². The molecule has 1 aromatic carbocycles. The quantitative estimate of drug-likeness (QED) is 0.411. The van der Waals surface area contributed by atoms with E-state index in [1.807, 2.05) is 0 Å². The van der Waals surface area contributed by atoms with Gasteiger partial charge in [0.15, 0.2) is 6.04 Å². The summed E-state index contributed by atoms with van der Waals surface area (Å²) in [4.78, 5) is 27.8. The molecule has 4 N–H and O–H groups in total. The van der Waals surface area contributed by atoms with Crippen molar-refractivity contribution in [1.82, 2.24) is 10.3 Å². The van der Waals surface area contributed by atoms with Gasteiger partial charge in [0.1, 0.15) is 5.69 Å². The summed E-state index contributed by atoms with van der Waals surface area (Å²) < 4.78 is 4.55. The lowest BCUT2D eigenvalue weighted by Crippen LogP contribution is -2.48. The zero-order valence-corrected chi connectivity index (χ0v) is 15.4. The Bertz CT molecular complexity index is 959. The molecule has 2 rings (SSSR count). The van der Waals surface area contributed by atoms with Crippen LogP contribution in [0.4, 0.5) is 5.69 Å². The monoisotopic (exact) mass is 377 g/mol. The number of nitrogen functional groups attached to an aromatic ring is 1. The van der Waals surface area contributed by atoms with Gasteiger partial charge in [-0.2, -0.15) is 0 Å². The van der Waals surface area contributed by atoms with Crippen LogP contribution in [-0.4, -0.2) is 41.2 Å². The number of nitrogens with two attached hydrogens (primary N) is 1. The molecule has 7 heteroatoms. The second-order valence-corrected chi connectivity index (χ2v) is 5.77. The van der Waals surface area contributed by atoms with Crippen molar-refractivity contribution in [2.75, 3.05) is 12.8 Å². The van der Waals surface area contributed by atoms with E-state index in [-0.39, 0.29) is 5.69 Å². The van der Waals surface area contributed by atoms with E-state index in [4.69, 9.17) is 5.73 Å². The number of anilines is 1. The second-order valence-electron chi connectivity index (χ2n) is 5.77. The van der Waals surface area contributed by atoms with Gasteiger partial charge in [-0.3, -0.25) is 4.79 Å². The minimum absolute atomic E-state index is 0.0769. The highest BCUT2D eigenvalue weighted by molar-refractivity contribution is 5.95. The Labute approximate surface area is 162 Å². The number of hydrogen-bond acceptors (Lipinski definition) is 6. The number of pyridine rings is 1. The number of nitrogens with one attached hydrogen (secondary N) is 1. The van der Waals surface area contributed by atoms with Crippen molar-refractivity contribution in [3.63, 3.8) is 0 Å². The van der Waals surface area contributed by atoms with Crippen LogP contribution in [0, 0.1) is 23.7 Å². The summed E-state index contributed by atoms with van der Waals surface area (Å²) in [5.41, 5.74) is 7.72. The molecule has 0 bridgehead atoms. The average Bonchev–Trinajstić information content (AvgIpc) is 2.70. The molecule has 0 spiro atoms. The molecule has 0 aliphatic heterocycles. The zero-order chi connectivity index (χ0) is 20.5. The molecule has 1 amide bonds. The second kappa shape index (κ2) is 9.77. The number of benzene rings is 1. The molecule has 2 atom stereocenters. The predicted molar refractivity (Wildman–Crippen MR) is 104 cm³/mol. The number of nitrogens with zero attached hydrogens (tertiary/aromatic N) is 1. The first-order valence-corrected chi connectivity index (χ1v) is 8.31. The van der Waals surface area contributed by atoms with Crippen LogP contribution in [0.3, 0.4) is 0 Å². The molecule has 28 heavy (non-hydrogen) atoms. The van der Waals surface area contributed by atoms with Gasteiger partial charge in [-0.15, -0.1) is 0 Å². The third kappa shape index (κ3) is 5.87. The Balaban J connectivity index is 2.03. The Morgan fingerprint density at radius 2 is 1.71 bits per heavy atom. The lowest BCUT2D eigenvalue weighted by Gasteiger charge is -2.18. The first-order chi connectivity index (χ1) is 13.4. The largest absolute Gasteiger partial charge is 0.467 e. The van der Waals surface area contributed by atoms with E-state index in [0.717, 1.165) is 5.56 Å². The summed E-state index contributed by atoms with van der Waals surface area (Å²) in [6, 6.07) is 9.00. The maximum atomic E-state index is 12.2. The van der Waals surface area contributed by atoms with Crippen molar-refractivity contribution in [2.24, 2.45) is 0 Å². The van der Waals surface area contributed by atoms with Gasteiger partial charge >= 0.3 is 5.97 Å². The van der Waals surface area contributed by atoms with Crippen molar-refractivity contribution in [3.8, 4) is 23.7 Å². The number of aromatic nitrogens is 1. The molecule has 0 aliphatic rings. The molecule has 0 saturated carbocycles. The van der Waals surface area contributed by atoms with Crippen LogP contribution in [0.1, 0.15) is 28.5 Å². The fourth-order valence-corrected chi connectivity index (χ4v) is 2.09. The number of carbonyl (C=O) groups is 2. The van der Waals surface area contributed by atoms with Crippen molar-refractivity contribution in [3.05, 3.63) is 59.4 Å². The van der Waals surface area contributed by atoms with E-state index in [1.165, 1.54) is 26.3 Å². The molecule has 0 fully saturated rings. The van der Waals surface area contributed by atoms with Gasteiger partial charge in [-0.25, -0.2) is 9.78 Å². The van der Waals surface area contributed by atoms with Crippen LogP contribution in [0.5, 0.6) is 0 Å². The number of carbonyl (C=O) groups excluding carboxylic acids is 2. The van der Waals surface area contributed by atoms with Crippen molar-refractivity contribution < 1.29 is 19.4 Å². The van der Waals surface area contributed by atoms with Gasteiger partial charge in [0.2, 0.25) is 0 Å². The number of methoxy groups -OCH3 is 1. The van der Waals surface area contributed by atoms with Gasteiger partial charge in [0, 0.05) is 23.0 Å². The molecule has 0 aliphatic carbocycles. The van der Waals surface area contributed by atoms with Crippen molar-refractivity contribution in [2.45, 2.75) is 19.1 Å². The predicted octanol–water partition coefficient (Wildman–Crippen LogP) is 0.719. The summed E-state index contributed by atoms with van der Waals surface area (Å²) in [7, 11) is 1.17. The standard InChI is InChI=1S/C21H19N3O4/c1-14(25)19(21(27)28-2)24-20(26)18-12-9-16(13-23-18)6-4-3-5-15-7-10-17(22)11-8-15/h7-14,19,25H,22H2,1-2H3,(H,24,26). The van der Waals surface area contributed by atoms with Crippen LogP contribution in [0.2, 0.25) is 0 Å². The third-order valence-corrected chi connectivity index (χ3v) is 3.61. The van der Waals surface area contributed by atoms with Gasteiger partial charge in [0.05, 0.1) is 13.2 Å². The van der Waals surface area contributed by atoms with Gasteiger partial charge in [0.25, 0.3) is 5.91 Å². The van der Waals surface area contributed by atoms with E-state index >= 15 is 0 Å². The Kier molecular flexibility index (Phi) is 7.15. The summed E-state index contributed by atoms with van der Waals surface area (Å²) in [5, 5.41) is 12.0. The summed E-state index contributed by atoms with van der Waals surface area (Å²) in [5.74, 6) is 9.79. The van der Waals surface area contributed by atoms with Crippen LogP contribution >= 0.6 is 0 Å². The lowest BCUT2D eigenvalue weighted by molar-refractivity contribution is -0.145. The molecule has 0 radical (unpaired) electrons. The first kappa shape index (κ1) is 20.5. The molecule has 7 nitrogen and oxygen atoms in total. The SMILES string of the molecule is COC(=O)C(NC(=O)c1ccc(C#CC#Cc2ccc(N)cc2)cn1)C(C)O. The van der Waals surface area contributed by atoms with E-state index in [2.05, 4.69) is 38.7 Å². The zero-order valence-electron chi connectivity index (χ0n) is 15.4. The highest BCUT2D eigenvalue weighted by Gasteiger charge is 2.27. The maximum Gasteiger partial charge on any atom is 0.331 e. The lowest BCUT2D eigenvalue weighted by atomic mass is 10.1. The normalized spacial score (nSPS) is 11.7. The molecule has 2 unspecified atom stereocenters. The first-order valence-electron chi connectivity index (χ1n) is 8.31. The van der Waals surface area contributed by atoms with Crippen LogP contribution < -0.4 is 11.1 Å². The average molecular weight is 377 g/mol. The Morgan fingerprint density at radius 3 is 2.25 bits per heavy atom. The van der Waals surface area contributed by atoms with Crippen LogP contribution in [0.15, 0.2) is 42.6 Å². The smallest absolute Gasteiger partial charge is 0.331 e. The molecule has 1 heterocycles. The maximum absolute atomic E-state index is 12.2. The third-order valence-electron chi connectivity index (χ3n) is 3.61. The molecule has 1 aromatic heterocycles. The summed E-state index contributed by atoms with van der Waals surface area (Å²) in [6.07, 6.45) is 0.309. The van der Waals surface area contributed by atoms with Crippen LogP contribution in [0.25, 0.3) is 0 Å². The number of hydrogen-bond donors (Lipinski definition) is 3. The molecule has 0 saturated heterocycles. The number of rotatable bonds is 4. The highest BCUT2D eigenvalue weighted by atomic mass is 16.5. The number of esters is 1. The van der Waals surface area contributed by atoms with E-state index in [0.29, 0.717) is 11.3 Å². The Morgan fingerprint density at radius 1 is 1.11 bits per heavy atom. The minimum atomic E-state index is -1.18. The minimum Gasteiger partial charge on any atom is -0.467 e. The molecule has 142 valence electrons. The molecular weight excluding hydrogens is 358 g/mol. The summed E-state index contributed by atoms with van der Waals surface area (Å²) in [6.45, 7) is 1.37. The fraction of sp³-hybridized carbons (Fsp3) is 0.190. The summed E-state index contributed by atoms with van der Waals surface area (Å²) >= 11 is 0. The van der Waals surface area contributed by atoms with Gasteiger partial charge in [-0.05, 0) is 55.2 Å². The number of ether oxygens (including phenoxy) is 1. The van der Waals surface area contributed by atoms with Crippen molar-refractivity contribution in [1.29, 1.82) is 0 Å². The van der Waals surface area contributed by atoms with Crippen molar-refractivity contribution >= 4 is 17.6 Å². The fourth-order valence-electron chi connectivity index (χ4n) is 2.09. The van der Waals surface area contributed by atoms with Gasteiger partial charge in [-0.1, -0.05) is 11.8 Å². The number of aliphatic hydroxyl groups is 1. The topological polar surface area (TPSA) is 115 Å².